The average molecular weight is 475 g/mol. The summed E-state index contributed by atoms with van der Waals surface area (Å²) < 4.78 is 37.4. The lowest BCUT2D eigenvalue weighted by Crippen LogP contribution is -2.41. The number of ether oxygens (including phenoxy) is 2. The maximum Gasteiger partial charge on any atom is 0.245 e. The van der Waals surface area contributed by atoms with E-state index in [9.17, 15) is 13.2 Å². The van der Waals surface area contributed by atoms with Crippen LogP contribution in [0.4, 0.5) is 0 Å². The minimum Gasteiger partial charge on any atom is -0.493 e. The lowest BCUT2D eigenvalue weighted by Gasteiger charge is -2.22. The molecular formula is C20H24Cl2N2O5S. The number of amides is 1. The highest BCUT2D eigenvalue weighted by Crippen LogP contribution is 2.30. The number of carbonyl (C=O) groups is 1. The van der Waals surface area contributed by atoms with Crippen molar-refractivity contribution in [3.63, 3.8) is 0 Å². The van der Waals surface area contributed by atoms with E-state index in [1.807, 2.05) is 0 Å². The summed E-state index contributed by atoms with van der Waals surface area (Å²) in [4.78, 5) is 12.4. The molecule has 2 aromatic rings. The zero-order valence-corrected chi connectivity index (χ0v) is 19.4. The van der Waals surface area contributed by atoms with Gasteiger partial charge in [-0.15, -0.1) is 0 Å². The monoisotopic (exact) mass is 474 g/mol. The summed E-state index contributed by atoms with van der Waals surface area (Å²) in [5, 5.41) is 3.07. The first-order valence-electron chi connectivity index (χ1n) is 9.10. The Kier molecular flexibility index (Phi) is 8.37. The van der Waals surface area contributed by atoms with Crippen LogP contribution in [0.1, 0.15) is 25.5 Å². The Morgan fingerprint density at radius 1 is 1.10 bits per heavy atom. The summed E-state index contributed by atoms with van der Waals surface area (Å²) in [6.07, 6.45) is 0. The number of nitrogens with zero attached hydrogens (tertiary/aromatic N) is 1. The van der Waals surface area contributed by atoms with E-state index in [1.54, 1.807) is 32.0 Å². The summed E-state index contributed by atoms with van der Waals surface area (Å²) >= 11 is 12.0. The molecule has 0 fully saturated rings. The number of likely N-dealkylation sites (N-methyl/N-ethyl adjacent to an activating group) is 1. The van der Waals surface area contributed by atoms with Gasteiger partial charge in [-0.1, -0.05) is 36.2 Å². The Balaban J connectivity index is 2.16. The third-order valence-electron chi connectivity index (χ3n) is 4.47. The second-order valence-corrected chi connectivity index (χ2v) is 9.16. The van der Waals surface area contributed by atoms with Gasteiger partial charge in [0.25, 0.3) is 0 Å². The van der Waals surface area contributed by atoms with Crippen molar-refractivity contribution < 1.29 is 22.7 Å². The van der Waals surface area contributed by atoms with E-state index in [2.05, 4.69) is 5.32 Å². The topological polar surface area (TPSA) is 84.9 Å². The normalized spacial score (nSPS) is 12.5. The quantitative estimate of drug-likeness (QED) is 0.595. The zero-order valence-electron chi connectivity index (χ0n) is 17.1. The molecule has 0 spiro atoms. The van der Waals surface area contributed by atoms with Gasteiger partial charge in [-0.3, -0.25) is 4.79 Å². The maximum absolute atomic E-state index is 13.0. The minimum absolute atomic E-state index is 0.0388. The molecule has 30 heavy (non-hydrogen) atoms. The molecule has 1 unspecified atom stereocenters. The van der Waals surface area contributed by atoms with Crippen molar-refractivity contribution >= 4 is 39.1 Å². The van der Waals surface area contributed by atoms with Gasteiger partial charge in [0.1, 0.15) is 4.90 Å². The fourth-order valence-electron chi connectivity index (χ4n) is 2.83. The van der Waals surface area contributed by atoms with Gasteiger partial charge in [0.05, 0.1) is 31.8 Å². The van der Waals surface area contributed by atoms with Gasteiger partial charge in [0.2, 0.25) is 15.9 Å². The fraction of sp³-hybridized carbons (Fsp3) is 0.350. The average Bonchev–Trinajstić information content (AvgIpc) is 2.72. The van der Waals surface area contributed by atoms with E-state index < -0.39 is 15.9 Å². The first kappa shape index (κ1) is 24.3. The van der Waals surface area contributed by atoms with Gasteiger partial charge >= 0.3 is 0 Å². The molecule has 0 aliphatic carbocycles. The number of hydrogen-bond donors (Lipinski definition) is 1. The number of nitrogens with one attached hydrogen (secondary N) is 1. The van der Waals surface area contributed by atoms with Gasteiger partial charge in [-0.05, 0) is 42.8 Å². The second-order valence-electron chi connectivity index (χ2n) is 6.41. The van der Waals surface area contributed by atoms with E-state index in [-0.39, 0.29) is 34.1 Å². The third kappa shape index (κ3) is 5.57. The van der Waals surface area contributed by atoms with Gasteiger partial charge in [0, 0.05) is 11.6 Å². The van der Waals surface area contributed by atoms with Crippen LogP contribution < -0.4 is 14.8 Å². The number of carbonyl (C=O) groups excluding carboxylic acids is 1. The number of methoxy groups -OCH3 is 2. The Morgan fingerprint density at radius 3 is 2.37 bits per heavy atom. The van der Waals surface area contributed by atoms with Crippen LogP contribution in [0.5, 0.6) is 11.5 Å². The number of halogens is 2. The summed E-state index contributed by atoms with van der Waals surface area (Å²) in [6.45, 7) is 3.15. The highest BCUT2D eigenvalue weighted by Gasteiger charge is 2.28. The van der Waals surface area contributed by atoms with Crippen LogP contribution in [-0.4, -0.2) is 45.9 Å². The smallest absolute Gasteiger partial charge is 0.245 e. The number of hydrogen-bond acceptors (Lipinski definition) is 5. The van der Waals surface area contributed by atoms with Gasteiger partial charge in [-0.2, -0.15) is 4.31 Å². The first-order valence-corrected chi connectivity index (χ1v) is 11.3. The van der Waals surface area contributed by atoms with Crippen molar-refractivity contribution in [2.75, 3.05) is 27.3 Å². The van der Waals surface area contributed by atoms with E-state index >= 15 is 0 Å². The van der Waals surface area contributed by atoms with E-state index in [4.69, 9.17) is 32.7 Å². The molecular weight excluding hydrogens is 451 g/mol. The molecule has 1 atom stereocenters. The largest absolute Gasteiger partial charge is 0.493 e. The molecule has 0 aromatic heterocycles. The Bertz CT molecular complexity index is 1010. The summed E-state index contributed by atoms with van der Waals surface area (Å²) in [7, 11) is -0.940. The van der Waals surface area contributed by atoms with Gasteiger partial charge in [0.15, 0.2) is 11.5 Å². The Hall–Kier alpha value is -2.00. The van der Waals surface area contributed by atoms with E-state index in [0.29, 0.717) is 11.5 Å². The number of benzene rings is 2. The number of rotatable bonds is 9. The highest BCUT2D eigenvalue weighted by atomic mass is 35.5. The van der Waals surface area contributed by atoms with Crippen LogP contribution in [0.3, 0.4) is 0 Å². The standard InChI is InChI=1S/C20H24Cl2N2O5S/c1-5-24(30(26,27)19-11-15(21)7-8-16(19)22)12-20(25)23-13(2)14-6-9-17(28-3)18(10-14)29-4/h6-11,13H,5,12H2,1-4H3,(H,23,25). The molecule has 2 rings (SSSR count). The summed E-state index contributed by atoms with van der Waals surface area (Å²) in [6, 6.07) is 9.08. The van der Waals surface area contributed by atoms with Crippen LogP contribution >= 0.6 is 23.2 Å². The van der Waals surface area contributed by atoms with Crippen LogP contribution in [0.25, 0.3) is 0 Å². The highest BCUT2D eigenvalue weighted by molar-refractivity contribution is 7.89. The molecule has 0 saturated heterocycles. The SMILES string of the molecule is CCN(CC(=O)NC(C)c1ccc(OC)c(OC)c1)S(=O)(=O)c1cc(Cl)ccc1Cl. The lowest BCUT2D eigenvalue weighted by molar-refractivity contribution is -0.121. The van der Waals surface area contributed by atoms with Gasteiger partial charge in [-0.25, -0.2) is 8.42 Å². The third-order valence-corrected chi connectivity index (χ3v) is 7.11. The molecule has 0 saturated carbocycles. The van der Waals surface area contributed by atoms with E-state index in [0.717, 1.165) is 9.87 Å². The zero-order chi connectivity index (χ0) is 22.5. The van der Waals surface area contributed by atoms with Crippen LogP contribution in [-0.2, 0) is 14.8 Å². The molecule has 164 valence electrons. The Labute approximate surface area is 186 Å². The van der Waals surface area contributed by atoms with Crippen LogP contribution in [0.2, 0.25) is 10.0 Å². The molecule has 0 aliphatic heterocycles. The molecule has 0 bridgehead atoms. The molecule has 10 heteroatoms. The van der Waals surface area contributed by atoms with Crippen LogP contribution in [0, 0.1) is 0 Å². The molecule has 1 N–H and O–H groups in total. The van der Waals surface area contributed by atoms with Crippen LogP contribution in [0.15, 0.2) is 41.3 Å². The fourth-order valence-corrected chi connectivity index (χ4v) is 4.98. The summed E-state index contributed by atoms with van der Waals surface area (Å²) in [5.74, 6) is 0.645. The summed E-state index contributed by atoms with van der Waals surface area (Å²) in [5.41, 5.74) is 0.782. The maximum atomic E-state index is 13.0. The van der Waals surface area contributed by atoms with Crippen molar-refractivity contribution in [2.45, 2.75) is 24.8 Å². The predicted molar refractivity (Wildman–Crippen MR) is 117 cm³/mol. The van der Waals surface area contributed by atoms with Gasteiger partial charge < -0.3 is 14.8 Å². The molecule has 2 aromatic carbocycles. The molecule has 7 nitrogen and oxygen atoms in total. The van der Waals surface area contributed by atoms with Crippen molar-refractivity contribution in [3.8, 4) is 11.5 Å². The molecule has 0 heterocycles. The Morgan fingerprint density at radius 2 is 1.77 bits per heavy atom. The van der Waals surface area contributed by atoms with E-state index in [1.165, 1.54) is 32.4 Å². The molecule has 0 aliphatic rings. The minimum atomic E-state index is -4.00. The number of sulfonamides is 1. The predicted octanol–water partition coefficient (Wildman–Crippen LogP) is 3.90. The molecule has 0 radical (unpaired) electrons. The van der Waals surface area contributed by atoms with Crippen molar-refractivity contribution in [2.24, 2.45) is 0 Å². The first-order chi connectivity index (χ1) is 14.1. The molecule has 1 amide bonds. The second kappa shape index (κ2) is 10.3. The van der Waals surface area contributed by atoms with Crippen molar-refractivity contribution in [1.29, 1.82) is 0 Å². The van der Waals surface area contributed by atoms with Crippen molar-refractivity contribution in [3.05, 3.63) is 52.0 Å². The lowest BCUT2D eigenvalue weighted by atomic mass is 10.1. The van der Waals surface area contributed by atoms with Crippen molar-refractivity contribution in [1.82, 2.24) is 9.62 Å².